The van der Waals surface area contributed by atoms with E-state index >= 15 is 0 Å². The van der Waals surface area contributed by atoms with E-state index in [1.54, 1.807) is 31.4 Å². The van der Waals surface area contributed by atoms with Crippen molar-refractivity contribution in [3.63, 3.8) is 0 Å². The summed E-state index contributed by atoms with van der Waals surface area (Å²) in [6, 6.07) is 13.4. The molecule has 158 valence electrons. The van der Waals surface area contributed by atoms with Gasteiger partial charge in [-0.05, 0) is 42.5 Å². The first-order valence-corrected chi connectivity index (χ1v) is 11.1. The van der Waals surface area contributed by atoms with E-state index in [2.05, 4.69) is 10.0 Å². The third-order valence-electron chi connectivity index (χ3n) is 4.45. The molecule has 0 fully saturated rings. The smallest absolute Gasteiger partial charge is 0.241 e. The second-order valence-corrected chi connectivity index (χ2v) is 9.30. The van der Waals surface area contributed by atoms with E-state index in [0.29, 0.717) is 19.6 Å². The molecule has 0 spiro atoms. The van der Waals surface area contributed by atoms with Gasteiger partial charge in [-0.3, -0.25) is 4.79 Å². The number of sulfonamides is 1. The van der Waals surface area contributed by atoms with Gasteiger partial charge < -0.3 is 10.1 Å². The Kier molecular flexibility index (Phi) is 8.37. The molecule has 2 rings (SSSR count). The van der Waals surface area contributed by atoms with E-state index < -0.39 is 16.1 Å². The van der Waals surface area contributed by atoms with Crippen LogP contribution in [0.15, 0.2) is 53.4 Å². The van der Waals surface area contributed by atoms with Gasteiger partial charge in [0.15, 0.2) is 0 Å². The number of carbonyl (C=O) groups excluding carboxylic acids is 1. The zero-order valence-corrected chi connectivity index (χ0v) is 18.3. The Hall–Kier alpha value is -2.22. The lowest BCUT2D eigenvalue weighted by Gasteiger charge is -2.20. The van der Waals surface area contributed by atoms with Crippen molar-refractivity contribution in [3.05, 3.63) is 65.2 Å². The molecular weight excluding hydrogens is 388 g/mol. The topological polar surface area (TPSA) is 84.5 Å². The molecule has 2 N–H and O–H groups in total. The van der Waals surface area contributed by atoms with Crippen LogP contribution in [0.1, 0.15) is 37.0 Å². The largest absolute Gasteiger partial charge is 0.380 e. The van der Waals surface area contributed by atoms with Gasteiger partial charge in [0.2, 0.25) is 15.9 Å². The molecule has 1 atom stereocenters. The number of benzene rings is 2. The first kappa shape index (κ1) is 23.1. The maximum absolute atomic E-state index is 12.7. The van der Waals surface area contributed by atoms with Crippen LogP contribution in [-0.4, -0.2) is 27.5 Å². The number of aryl methyl sites for hydroxylation is 1. The van der Waals surface area contributed by atoms with Gasteiger partial charge in [-0.2, -0.15) is 4.72 Å². The van der Waals surface area contributed by atoms with Crippen LogP contribution in [0.3, 0.4) is 0 Å². The standard InChI is InChI=1S/C22H30N2O4S/c1-16(2)13-21(24-29(26,27)20-11-5-17(3)6-12-20)22(25)23-14-18-7-9-19(10-8-18)15-28-4/h5-12,16,21,24H,13-15H2,1-4H3,(H,23,25). The van der Waals surface area contributed by atoms with E-state index in [0.717, 1.165) is 16.7 Å². The average Bonchev–Trinajstić information content (AvgIpc) is 2.66. The van der Waals surface area contributed by atoms with Crippen LogP contribution in [0.5, 0.6) is 0 Å². The van der Waals surface area contributed by atoms with Crippen molar-refractivity contribution in [3.8, 4) is 0 Å². The monoisotopic (exact) mass is 418 g/mol. The van der Waals surface area contributed by atoms with Gasteiger partial charge in [0, 0.05) is 13.7 Å². The first-order chi connectivity index (χ1) is 13.7. The minimum Gasteiger partial charge on any atom is -0.380 e. The summed E-state index contributed by atoms with van der Waals surface area (Å²) in [5, 5.41) is 2.84. The fraction of sp³-hybridized carbons (Fsp3) is 0.409. The van der Waals surface area contributed by atoms with Crippen molar-refractivity contribution in [1.29, 1.82) is 0 Å². The molecule has 0 aromatic heterocycles. The fourth-order valence-electron chi connectivity index (χ4n) is 2.89. The molecule has 7 heteroatoms. The molecule has 0 heterocycles. The summed E-state index contributed by atoms with van der Waals surface area (Å²) >= 11 is 0. The highest BCUT2D eigenvalue weighted by molar-refractivity contribution is 7.89. The number of methoxy groups -OCH3 is 1. The Balaban J connectivity index is 2.06. The summed E-state index contributed by atoms with van der Waals surface area (Å²) in [4.78, 5) is 12.9. The molecule has 29 heavy (non-hydrogen) atoms. The Labute approximate surface area is 173 Å². The van der Waals surface area contributed by atoms with Crippen molar-refractivity contribution in [1.82, 2.24) is 10.0 Å². The number of carbonyl (C=O) groups is 1. The van der Waals surface area contributed by atoms with Crippen molar-refractivity contribution in [2.75, 3.05) is 7.11 Å². The molecule has 0 saturated heterocycles. The summed E-state index contributed by atoms with van der Waals surface area (Å²) in [5.41, 5.74) is 2.95. The highest BCUT2D eigenvalue weighted by Gasteiger charge is 2.26. The zero-order valence-electron chi connectivity index (χ0n) is 17.4. The highest BCUT2D eigenvalue weighted by Crippen LogP contribution is 2.14. The Morgan fingerprint density at radius 2 is 1.59 bits per heavy atom. The lowest BCUT2D eigenvalue weighted by Crippen LogP contribution is -2.47. The third-order valence-corrected chi connectivity index (χ3v) is 5.94. The van der Waals surface area contributed by atoms with Gasteiger partial charge >= 0.3 is 0 Å². The number of ether oxygens (including phenoxy) is 1. The van der Waals surface area contributed by atoms with E-state index in [1.807, 2.05) is 45.0 Å². The normalized spacial score (nSPS) is 12.7. The van der Waals surface area contributed by atoms with Gasteiger partial charge in [-0.1, -0.05) is 55.8 Å². The summed E-state index contributed by atoms with van der Waals surface area (Å²) < 4.78 is 33.1. The Morgan fingerprint density at radius 1 is 1.00 bits per heavy atom. The summed E-state index contributed by atoms with van der Waals surface area (Å²) in [6.07, 6.45) is 0.406. The average molecular weight is 419 g/mol. The summed E-state index contributed by atoms with van der Waals surface area (Å²) in [7, 11) is -2.15. The molecule has 1 amide bonds. The molecule has 0 aliphatic heterocycles. The van der Waals surface area contributed by atoms with Gasteiger partial charge in [0.05, 0.1) is 11.5 Å². The highest BCUT2D eigenvalue weighted by atomic mass is 32.2. The quantitative estimate of drug-likeness (QED) is 0.621. The van der Waals surface area contributed by atoms with E-state index in [4.69, 9.17) is 4.74 Å². The van der Waals surface area contributed by atoms with E-state index in [-0.39, 0.29) is 16.7 Å². The van der Waals surface area contributed by atoms with Crippen LogP contribution < -0.4 is 10.0 Å². The molecule has 0 radical (unpaired) electrons. The third kappa shape index (κ3) is 7.27. The predicted octanol–water partition coefficient (Wildman–Crippen LogP) is 3.15. The lowest BCUT2D eigenvalue weighted by molar-refractivity contribution is -0.123. The molecule has 1 unspecified atom stereocenters. The number of amides is 1. The molecule has 2 aromatic carbocycles. The molecule has 0 aliphatic rings. The SMILES string of the molecule is COCc1ccc(CNC(=O)C(CC(C)C)NS(=O)(=O)c2ccc(C)cc2)cc1. The minimum absolute atomic E-state index is 0.151. The van der Waals surface area contributed by atoms with Crippen LogP contribution >= 0.6 is 0 Å². The summed E-state index contributed by atoms with van der Waals surface area (Å²) in [6.45, 7) is 6.65. The van der Waals surface area contributed by atoms with Gasteiger partial charge in [-0.15, -0.1) is 0 Å². The molecule has 0 bridgehead atoms. The minimum atomic E-state index is -3.79. The molecular formula is C22H30N2O4S. The van der Waals surface area contributed by atoms with Crippen LogP contribution in [0.2, 0.25) is 0 Å². The molecule has 2 aromatic rings. The van der Waals surface area contributed by atoms with Gasteiger partial charge in [-0.25, -0.2) is 8.42 Å². The maximum Gasteiger partial charge on any atom is 0.241 e. The second kappa shape index (κ2) is 10.5. The fourth-order valence-corrected chi connectivity index (χ4v) is 4.09. The predicted molar refractivity (Wildman–Crippen MR) is 114 cm³/mol. The van der Waals surface area contributed by atoms with Crippen molar-refractivity contribution < 1.29 is 17.9 Å². The van der Waals surface area contributed by atoms with Gasteiger partial charge in [0.25, 0.3) is 0 Å². The zero-order chi connectivity index (χ0) is 21.4. The van der Waals surface area contributed by atoms with Crippen LogP contribution in [0.4, 0.5) is 0 Å². The molecule has 6 nitrogen and oxygen atoms in total. The number of hydrogen-bond acceptors (Lipinski definition) is 4. The Morgan fingerprint density at radius 3 is 2.14 bits per heavy atom. The van der Waals surface area contributed by atoms with Gasteiger partial charge in [0.1, 0.15) is 6.04 Å². The number of rotatable bonds is 10. The van der Waals surface area contributed by atoms with Crippen molar-refractivity contribution in [2.45, 2.75) is 51.3 Å². The number of hydrogen-bond donors (Lipinski definition) is 2. The summed E-state index contributed by atoms with van der Waals surface area (Å²) in [5.74, 6) is -0.185. The number of nitrogens with one attached hydrogen (secondary N) is 2. The van der Waals surface area contributed by atoms with E-state index in [9.17, 15) is 13.2 Å². The van der Waals surface area contributed by atoms with Crippen LogP contribution in [-0.2, 0) is 32.7 Å². The van der Waals surface area contributed by atoms with Crippen LogP contribution in [0.25, 0.3) is 0 Å². The Bertz CT molecular complexity index is 891. The lowest BCUT2D eigenvalue weighted by atomic mass is 10.0. The van der Waals surface area contributed by atoms with Crippen molar-refractivity contribution >= 4 is 15.9 Å². The van der Waals surface area contributed by atoms with E-state index in [1.165, 1.54) is 0 Å². The second-order valence-electron chi connectivity index (χ2n) is 7.58. The first-order valence-electron chi connectivity index (χ1n) is 9.64. The van der Waals surface area contributed by atoms with Crippen LogP contribution in [0, 0.1) is 12.8 Å². The maximum atomic E-state index is 12.7. The molecule has 0 aliphatic carbocycles. The molecule has 0 saturated carbocycles. The van der Waals surface area contributed by atoms with Crippen molar-refractivity contribution in [2.24, 2.45) is 5.92 Å².